The number of ether oxygens (including phenoxy) is 1. The molecule has 2 heterocycles. The van der Waals surface area contributed by atoms with Gasteiger partial charge in [0.25, 0.3) is 10.0 Å². The molecule has 0 radical (unpaired) electrons. The number of aryl methyl sites for hydroxylation is 1. The van der Waals surface area contributed by atoms with Gasteiger partial charge in [-0.1, -0.05) is 18.5 Å². The number of sulfonamides is 1. The second kappa shape index (κ2) is 9.07. The highest BCUT2D eigenvalue weighted by Crippen LogP contribution is 2.35. The minimum absolute atomic E-state index is 0.0170. The Labute approximate surface area is 197 Å². The Bertz CT molecular complexity index is 1530. The van der Waals surface area contributed by atoms with Crippen molar-refractivity contribution in [3.05, 3.63) is 71.0 Å². The lowest BCUT2D eigenvalue weighted by Gasteiger charge is -2.15. The molecule has 176 valence electrons. The van der Waals surface area contributed by atoms with E-state index in [9.17, 15) is 17.2 Å². The van der Waals surface area contributed by atoms with Crippen molar-refractivity contribution in [1.29, 1.82) is 0 Å². The van der Waals surface area contributed by atoms with Crippen molar-refractivity contribution in [2.75, 3.05) is 11.8 Å². The smallest absolute Gasteiger partial charge is 0.309 e. The van der Waals surface area contributed by atoms with Crippen LogP contribution >= 0.6 is 11.6 Å². The molecule has 0 fully saturated rings. The first-order valence-corrected chi connectivity index (χ1v) is 11.7. The van der Waals surface area contributed by atoms with Gasteiger partial charge in [-0.25, -0.2) is 32.2 Å². The van der Waals surface area contributed by atoms with Crippen LogP contribution in [0.1, 0.15) is 12.5 Å². The van der Waals surface area contributed by atoms with Crippen molar-refractivity contribution in [2.24, 2.45) is 0 Å². The summed E-state index contributed by atoms with van der Waals surface area (Å²) in [5, 5.41) is 0.388. The van der Waals surface area contributed by atoms with Crippen LogP contribution < -0.4 is 9.46 Å². The zero-order valence-corrected chi connectivity index (χ0v) is 19.3. The Kier molecular flexibility index (Phi) is 6.32. The van der Waals surface area contributed by atoms with E-state index in [0.717, 1.165) is 18.2 Å². The van der Waals surface area contributed by atoms with E-state index in [1.807, 2.05) is 0 Å². The number of hydrogen-bond donors (Lipinski definition) is 1. The van der Waals surface area contributed by atoms with Crippen LogP contribution in [0.3, 0.4) is 0 Å². The van der Waals surface area contributed by atoms with Gasteiger partial charge < -0.3 is 4.74 Å². The lowest BCUT2D eigenvalue weighted by Crippen LogP contribution is -2.16. The van der Waals surface area contributed by atoms with Crippen molar-refractivity contribution >= 4 is 38.2 Å². The van der Waals surface area contributed by atoms with Gasteiger partial charge in [-0.05, 0) is 47.9 Å². The molecule has 0 saturated heterocycles. The standard InChI is InChI=1S/C22H16ClF3N4O3S/c1-3-11-6-12(7-13-9-28-22(26)29-20(11)13)18-15(24)4-5-16(19(18)25)30-34(31,32)17-8-14(23)10-27-21(17)33-2/h4-10,30H,3H2,1-2H3. The van der Waals surface area contributed by atoms with E-state index in [4.69, 9.17) is 16.3 Å². The quantitative estimate of drug-likeness (QED) is 0.363. The number of methoxy groups -OCH3 is 1. The van der Waals surface area contributed by atoms with Crippen LogP contribution in [0.5, 0.6) is 5.88 Å². The molecule has 0 aliphatic heterocycles. The summed E-state index contributed by atoms with van der Waals surface area (Å²) in [6.45, 7) is 1.78. The highest BCUT2D eigenvalue weighted by molar-refractivity contribution is 7.92. The van der Waals surface area contributed by atoms with Crippen LogP contribution in [0.25, 0.3) is 22.0 Å². The molecule has 34 heavy (non-hydrogen) atoms. The maximum Gasteiger partial charge on any atom is 0.309 e. The molecule has 2 aromatic carbocycles. The largest absolute Gasteiger partial charge is 0.480 e. The summed E-state index contributed by atoms with van der Waals surface area (Å²) in [7, 11) is -3.20. The minimum atomic E-state index is -4.41. The maximum absolute atomic E-state index is 15.5. The Morgan fingerprint density at radius 3 is 2.56 bits per heavy atom. The molecule has 12 heteroatoms. The summed E-state index contributed by atoms with van der Waals surface area (Å²) in [5.74, 6) is -2.33. The Morgan fingerprint density at radius 1 is 1.09 bits per heavy atom. The Hall–Kier alpha value is -3.44. The third-order valence-corrected chi connectivity index (χ3v) is 6.57. The second-order valence-electron chi connectivity index (χ2n) is 7.12. The lowest BCUT2D eigenvalue weighted by atomic mass is 9.97. The molecule has 4 aromatic rings. The number of nitrogens with zero attached hydrogens (tertiary/aromatic N) is 3. The van der Waals surface area contributed by atoms with Crippen LogP contribution in [0, 0.1) is 17.7 Å². The van der Waals surface area contributed by atoms with Crippen LogP contribution in [-0.2, 0) is 16.4 Å². The fourth-order valence-corrected chi connectivity index (χ4v) is 4.89. The summed E-state index contributed by atoms with van der Waals surface area (Å²) < 4.78 is 76.7. The molecule has 7 nitrogen and oxygen atoms in total. The molecular formula is C22H16ClF3N4O3S. The van der Waals surface area contributed by atoms with Crippen LogP contribution in [0.4, 0.5) is 18.9 Å². The summed E-state index contributed by atoms with van der Waals surface area (Å²) in [4.78, 5) is 10.6. The topological polar surface area (TPSA) is 94.1 Å². The van der Waals surface area contributed by atoms with E-state index in [0.29, 0.717) is 22.9 Å². The SMILES string of the molecule is CCc1cc(-c2c(F)ccc(NS(=O)(=O)c3cc(Cl)cnc3OC)c2F)cc2cnc(F)nc12. The second-order valence-corrected chi connectivity index (χ2v) is 9.20. The summed E-state index contributed by atoms with van der Waals surface area (Å²) >= 11 is 5.86. The maximum atomic E-state index is 15.5. The number of aromatic nitrogens is 3. The summed E-state index contributed by atoms with van der Waals surface area (Å²) in [6, 6.07) is 5.85. The van der Waals surface area contributed by atoms with Crippen LogP contribution in [0.15, 0.2) is 47.6 Å². The fraction of sp³-hybridized carbons (Fsp3) is 0.136. The van der Waals surface area contributed by atoms with Gasteiger partial charge in [-0.3, -0.25) is 4.72 Å². The van der Waals surface area contributed by atoms with Gasteiger partial charge in [0.15, 0.2) is 10.7 Å². The molecule has 0 aliphatic rings. The number of hydrogen-bond acceptors (Lipinski definition) is 6. The Balaban J connectivity index is 1.84. The highest BCUT2D eigenvalue weighted by Gasteiger charge is 2.25. The predicted molar refractivity (Wildman–Crippen MR) is 121 cm³/mol. The fourth-order valence-electron chi connectivity index (χ4n) is 3.46. The van der Waals surface area contributed by atoms with E-state index in [2.05, 4.69) is 19.7 Å². The number of benzene rings is 2. The first-order chi connectivity index (χ1) is 16.1. The predicted octanol–water partition coefficient (Wildman–Crippen LogP) is 5.13. The van der Waals surface area contributed by atoms with Gasteiger partial charge in [0.05, 0.1) is 28.9 Å². The number of pyridine rings is 1. The first-order valence-electron chi connectivity index (χ1n) is 9.80. The van der Waals surface area contributed by atoms with Crippen molar-refractivity contribution < 1.29 is 26.3 Å². The molecule has 0 aliphatic carbocycles. The third-order valence-electron chi connectivity index (χ3n) is 5.01. The first kappa shape index (κ1) is 23.7. The van der Waals surface area contributed by atoms with E-state index >= 15 is 4.39 Å². The zero-order valence-electron chi connectivity index (χ0n) is 17.7. The highest BCUT2D eigenvalue weighted by atomic mass is 35.5. The van der Waals surface area contributed by atoms with Gasteiger partial charge in [0, 0.05) is 17.8 Å². The molecule has 0 bridgehead atoms. The summed E-state index contributed by atoms with van der Waals surface area (Å²) in [5.41, 5.74) is -0.0212. The monoisotopic (exact) mass is 508 g/mol. The Morgan fingerprint density at radius 2 is 1.85 bits per heavy atom. The van der Waals surface area contributed by atoms with Crippen molar-refractivity contribution in [3.63, 3.8) is 0 Å². The van der Waals surface area contributed by atoms with E-state index in [1.54, 1.807) is 6.92 Å². The molecule has 2 aromatic heterocycles. The van der Waals surface area contributed by atoms with Gasteiger partial charge in [-0.15, -0.1) is 0 Å². The molecule has 4 rings (SSSR count). The van der Waals surface area contributed by atoms with Crippen LogP contribution in [0.2, 0.25) is 5.02 Å². The van der Waals surface area contributed by atoms with Crippen LogP contribution in [-0.4, -0.2) is 30.5 Å². The lowest BCUT2D eigenvalue weighted by molar-refractivity contribution is 0.385. The molecule has 0 spiro atoms. The minimum Gasteiger partial charge on any atom is -0.480 e. The number of rotatable bonds is 6. The van der Waals surface area contributed by atoms with Crippen molar-refractivity contribution in [2.45, 2.75) is 18.2 Å². The molecule has 0 saturated carbocycles. The van der Waals surface area contributed by atoms with Gasteiger partial charge in [0.1, 0.15) is 5.82 Å². The van der Waals surface area contributed by atoms with Gasteiger partial charge in [-0.2, -0.15) is 4.39 Å². The molecule has 0 atom stereocenters. The molecule has 0 unspecified atom stereocenters. The zero-order chi connectivity index (χ0) is 24.6. The van der Waals surface area contributed by atoms with Gasteiger partial charge in [0.2, 0.25) is 5.88 Å². The molecule has 1 N–H and O–H groups in total. The summed E-state index contributed by atoms with van der Waals surface area (Å²) in [6.07, 6.45) is 1.88. The third kappa shape index (κ3) is 4.36. The molecular weight excluding hydrogens is 493 g/mol. The van der Waals surface area contributed by atoms with Crippen molar-refractivity contribution in [3.8, 4) is 17.0 Å². The average molecular weight is 509 g/mol. The number of nitrogens with one attached hydrogen (secondary N) is 1. The number of anilines is 1. The van der Waals surface area contributed by atoms with E-state index in [1.165, 1.54) is 31.6 Å². The van der Waals surface area contributed by atoms with Gasteiger partial charge >= 0.3 is 6.08 Å². The number of fused-ring (bicyclic) bond motifs is 1. The van der Waals surface area contributed by atoms with E-state index in [-0.39, 0.29) is 16.5 Å². The normalized spacial score (nSPS) is 11.6. The van der Waals surface area contributed by atoms with Crippen molar-refractivity contribution in [1.82, 2.24) is 15.0 Å². The van der Waals surface area contributed by atoms with E-state index < -0.39 is 43.9 Å². The number of halogens is 4. The average Bonchev–Trinajstić information content (AvgIpc) is 2.80. The molecule has 0 amide bonds.